The Balaban J connectivity index is 1.31. The number of anilines is 2. The van der Waals surface area contributed by atoms with Crippen LogP contribution >= 0.6 is 0 Å². The van der Waals surface area contributed by atoms with Crippen molar-refractivity contribution in [2.45, 2.75) is 19.3 Å². The third kappa shape index (κ3) is 5.47. The summed E-state index contributed by atoms with van der Waals surface area (Å²) in [6.45, 7) is 1.54. The molecule has 7 heteroatoms. The third-order valence-electron chi connectivity index (χ3n) is 5.07. The van der Waals surface area contributed by atoms with E-state index >= 15 is 0 Å². The summed E-state index contributed by atoms with van der Waals surface area (Å²) in [4.78, 5) is 22.8. The van der Waals surface area contributed by atoms with Crippen LogP contribution in [0, 0.1) is 5.92 Å². The van der Waals surface area contributed by atoms with Gasteiger partial charge in [-0.15, -0.1) is 5.10 Å². The van der Waals surface area contributed by atoms with E-state index in [0.29, 0.717) is 11.7 Å². The maximum absolute atomic E-state index is 12.6. The van der Waals surface area contributed by atoms with Crippen molar-refractivity contribution in [1.29, 1.82) is 0 Å². The molecule has 1 N–H and O–H groups in total. The molecule has 152 valence electrons. The van der Waals surface area contributed by atoms with Crippen LogP contribution in [0.25, 0.3) is 6.08 Å². The topological polar surface area (TPSA) is 83.9 Å². The molecule has 0 saturated carbocycles. The maximum atomic E-state index is 12.6. The molecule has 1 atom stereocenters. The molecule has 4 rings (SSSR count). The first kappa shape index (κ1) is 19.7. The molecule has 3 aromatic heterocycles. The van der Waals surface area contributed by atoms with Crippen LogP contribution in [0.3, 0.4) is 0 Å². The smallest absolute Gasteiger partial charge is 0.246 e. The van der Waals surface area contributed by atoms with Crippen molar-refractivity contribution in [2.24, 2.45) is 5.92 Å². The van der Waals surface area contributed by atoms with E-state index < -0.39 is 0 Å². The van der Waals surface area contributed by atoms with Crippen molar-refractivity contribution in [3.63, 3.8) is 0 Å². The number of aromatic nitrogens is 4. The normalized spacial score (nSPS) is 16.5. The van der Waals surface area contributed by atoms with Gasteiger partial charge in [-0.3, -0.25) is 9.78 Å². The summed E-state index contributed by atoms with van der Waals surface area (Å²) >= 11 is 0. The molecule has 1 fully saturated rings. The predicted octanol–water partition coefficient (Wildman–Crippen LogP) is 3.50. The fraction of sp³-hybridized carbons (Fsp3) is 0.261. The van der Waals surface area contributed by atoms with Gasteiger partial charge in [0.25, 0.3) is 0 Å². The molecule has 30 heavy (non-hydrogen) atoms. The summed E-state index contributed by atoms with van der Waals surface area (Å²) in [6.07, 6.45) is 11.6. The second kappa shape index (κ2) is 9.73. The van der Waals surface area contributed by atoms with E-state index in [1.165, 1.54) is 0 Å². The Labute approximate surface area is 175 Å². The lowest BCUT2D eigenvalue weighted by molar-refractivity contribution is -0.127. The number of piperidine rings is 1. The summed E-state index contributed by atoms with van der Waals surface area (Å²) < 4.78 is 0. The number of hydrogen-bond donors (Lipinski definition) is 1. The van der Waals surface area contributed by atoms with Gasteiger partial charge in [0.15, 0.2) is 5.82 Å². The van der Waals surface area contributed by atoms with Crippen molar-refractivity contribution in [2.75, 3.05) is 18.4 Å². The summed E-state index contributed by atoms with van der Waals surface area (Å²) in [7, 11) is 0. The van der Waals surface area contributed by atoms with Crippen molar-refractivity contribution < 1.29 is 4.79 Å². The molecule has 1 saturated heterocycles. The molecule has 3 aromatic rings. The van der Waals surface area contributed by atoms with Crippen LogP contribution in [0.5, 0.6) is 0 Å². The van der Waals surface area contributed by atoms with Gasteiger partial charge in [-0.1, -0.05) is 12.1 Å². The highest BCUT2D eigenvalue weighted by molar-refractivity contribution is 5.91. The second-order valence-corrected chi connectivity index (χ2v) is 7.37. The van der Waals surface area contributed by atoms with E-state index in [0.717, 1.165) is 49.4 Å². The van der Waals surface area contributed by atoms with Crippen molar-refractivity contribution >= 4 is 23.6 Å². The van der Waals surface area contributed by atoms with Gasteiger partial charge in [-0.25, -0.2) is 4.98 Å². The van der Waals surface area contributed by atoms with Gasteiger partial charge in [0.2, 0.25) is 5.91 Å². The molecule has 0 radical (unpaired) electrons. The average Bonchev–Trinajstić information content (AvgIpc) is 2.80. The largest absolute Gasteiger partial charge is 0.339 e. The number of hydrogen-bond acceptors (Lipinski definition) is 6. The summed E-state index contributed by atoms with van der Waals surface area (Å²) in [5.74, 6) is 1.83. The lowest BCUT2D eigenvalue weighted by Crippen LogP contribution is -2.39. The zero-order valence-electron chi connectivity index (χ0n) is 16.7. The standard InChI is InChI=1S/C23H24N6O/c30-23(11-8-18-5-3-12-24-16-18)29-14-4-6-19(17-29)15-20-9-10-22(28-27-20)26-21-7-1-2-13-25-21/h1-3,5,7-13,16,19H,4,6,14-15,17H2,(H,25,26,28). The Kier molecular flexibility index (Phi) is 6.39. The van der Waals surface area contributed by atoms with Gasteiger partial charge in [0.1, 0.15) is 5.82 Å². The quantitative estimate of drug-likeness (QED) is 0.638. The highest BCUT2D eigenvalue weighted by atomic mass is 16.2. The molecular formula is C23H24N6O. The van der Waals surface area contributed by atoms with Crippen molar-refractivity contribution in [3.8, 4) is 0 Å². The minimum Gasteiger partial charge on any atom is -0.339 e. The van der Waals surface area contributed by atoms with Crippen molar-refractivity contribution in [3.05, 3.63) is 78.4 Å². The third-order valence-corrected chi connectivity index (χ3v) is 5.07. The number of carbonyl (C=O) groups is 1. The lowest BCUT2D eigenvalue weighted by atomic mass is 9.93. The van der Waals surface area contributed by atoms with Crippen LogP contribution < -0.4 is 5.32 Å². The van der Waals surface area contributed by atoms with E-state index in [4.69, 9.17) is 0 Å². The van der Waals surface area contributed by atoms with Crippen LogP contribution in [-0.2, 0) is 11.2 Å². The molecule has 1 aliphatic heterocycles. The van der Waals surface area contributed by atoms with Gasteiger partial charge in [-0.05, 0) is 67.2 Å². The molecule has 0 spiro atoms. The molecule has 1 amide bonds. The molecule has 4 heterocycles. The summed E-state index contributed by atoms with van der Waals surface area (Å²) in [5.41, 5.74) is 1.86. The highest BCUT2D eigenvalue weighted by Crippen LogP contribution is 2.21. The SMILES string of the molecule is O=C(C=Cc1cccnc1)N1CCCC(Cc2ccc(Nc3ccccn3)nn2)C1. The van der Waals surface area contributed by atoms with Crippen LogP contribution in [0.15, 0.2) is 67.1 Å². The highest BCUT2D eigenvalue weighted by Gasteiger charge is 2.23. The number of rotatable bonds is 6. The summed E-state index contributed by atoms with van der Waals surface area (Å²) in [5, 5.41) is 11.7. The number of pyridine rings is 2. The van der Waals surface area contributed by atoms with Crippen LogP contribution in [0.4, 0.5) is 11.6 Å². The van der Waals surface area contributed by atoms with Crippen LogP contribution in [0.1, 0.15) is 24.1 Å². The number of carbonyl (C=O) groups excluding carboxylic acids is 1. The maximum Gasteiger partial charge on any atom is 0.246 e. The Morgan fingerprint density at radius 3 is 2.83 bits per heavy atom. The first-order valence-electron chi connectivity index (χ1n) is 10.1. The molecule has 1 aliphatic rings. The zero-order valence-corrected chi connectivity index (χ0v) is 16.7. The molecule has 0 aromatic carbocycles. The Hall–Kier alpha value is -3.61. The van der Waals surface area contributed by atoms with E-state index in [-0.39, 0.29) is 5.91 Å². The number of likely N-dealkylation sites (tertiary alicyclic amines) is 1. The van der Waals surface area contributed by atoms with Gasteiger partial charge in [0.05, 0.1) is 5.69 Å². The number of nitrogens with one attached hydrogen (secondary N) is 1. The van der Waals surface area contributed by atoms with E-state index in [1.807, 2.05) is 53.4 Å². The van der Waals surface area contributed by atoms with Crippen LogP contribution in [-0.4, -0.2) is 44.1 Å². The lowest BCUT2D eigenvalue weighted by Gasteiger charge is -2.32. The minimum absolute atomic E-state index is 0.0459. The van der Waals surface area contributed by atoms with Gasteiger partial charge in [-0.2, -0.15) is 5.10 Å². The molecule has 0 bridgehead atoms. The Bertz CT molecular complexity index is 976. The first-order valence-corrected chi connectivity index (χ1v) is 10.1. The minimum atomic E-state index is 0.0459. The van der Waals surface area contributed by atoms with E-state index in [1.54, 1.807) is 24.7 Å². The molecule has 0 aliphatic carbocycles. The van der Waals surface area contributed by atoms with Crippen LogP contribution in [0.2, 0.25) is 0 Å². The fourth-order valence-electron chi connectivity index (χ4n) is 3.58. The molecule has 7 nitrogen and oxygen atoms in total. The Morgan fingerprint density at radius 1 is 1.10 bits per heavy atom. The second-order valence-electron chi connectivity index (χ2n) is 7.37. The fourth-order valence-corrected chi connectivity index (χ4v) is 3.58. The summed E-state index contributed by atoms with van der Waals surface area (Å²) in [6, 6.07) is 13.4. The monoisotopic (exact) mass is 400 g/mol. The van der Waals surface area contributed by atoms with E-state index in [9.17, 15) is 4.79 Å². The van der Waals surface area contributed by atoms with Crippen molar-refractivity contribution in [1.82, 2.24) is 25.1 Å². The van der Waals surface area contributed by atoms with Gasteiger partial charge >= 0.3 is 0 Å². The Morgan fingerprint density at radius 2 is 2.07 bits per heavy atom. The molecular weight excluding hydrogens is 376 g/mol. The zero-order chi connectivity index (χ0) is 20.6. The molecule has 1 unspecified atom stereocenters. The first-order chi connectivity index (χ1) is 14.8. The van der Waals surface area contributed by atoms with Gasteiger partial charge < -0.3 is 10.2 Å². The number of amides is 1. The predicted molar refractivity (Wildman–Crippen MR) is 116 cm³/mol. The van der Waals surface area contributed by atoms with Gasteiger partial charge in [0, 0.05) is 37.8 Å². The average molecular weight is 400 g/mol. The van der Waals surface area contributed by atoms with E-state index in [2.05, 4.69) is 25.5 Å². The number of nitrogens with zero attached hydrogens (tertiary/aromatic N) is 5.